The van der Waals surface area contributed by atoms with Crippen LogP contribution in [0.1, 0.15) is 19.3 Å². The average molecular weight is 167 g/mol. The zero-order valence-corrected chi connectivity index (χ0v) is 7.37. The summed E-state index contributed by atoms with van der Waals surface area (Å²) >= 11 is 0. The first kappa shape index (κ1) is 9.49. The second-order valence-corrected chi connectivity index (χ2v) is 3.23. The molecule has 0 aliphatic carbocycles. The normalized spacial score (nSPS) is 25.2. The molecule has 1 heterocycles. The van der Waals surface area contributed by atoms with Gasteiger partial charge in [-0.15, -0.1) is 6.58 Å². The lowest BCUT2D eigenvalue weighted by molar-refractivity contribution is 0.152. The molecule has 0 fully saturated rings. The molecule has 1 rings (SSSR count). The Morgan fingerprint density at radius 2 is 2.50 bits per heavy atom. The van der Waals surface area contributed by atoms with Crippen molar-refractivity contribution in [3.63, 3.8) is 0 Å². The zero-order chi connectivity index (χ0) is 8.81. The van der Waals surface area contributed by atoms with Crippen molar-refractivity contribution in [3.05, 3.63) is 24.8 Å². The van der Waals surface area contributed by atoms with Crippen molar-refractivity contribution >= 4 is 0 Å². The third-order valence-electron chi connectivity index (χ3n) is 2.11. The minimum absolute atomic E-state index is 0.230. The Bertz CT molecular complexity index is 165. The summed E-state index contributed by atoms with van der Waals surface area (Å²) in [7, 11) is 0. The number of aliphatic hydroxyl groups excluding tert-OH is 1. The quantitative estimate of drug-likeness (QED) is 0.617. The highest BCUT2D eigenvalue weighted by Gasteiger charge is 2.12. The summed E-state index contributed by atoms with van der Waals surface area (Å²) in [5.74, 6) is 0. The fourth-order valence-electron chi connectivity index (χ4n) is 1.46. The maximum absolute atomic E-state index is 9.47. The summed E-state index contributed by atoms with van der Waals surface area (Å²) in [6.45, 7) is 4.54. The SMILES string of the molecule is C=CC[C@@H](O)C[C@H]1CC=CCN1. The number of hydrogen-bond donors (Lipinski definition) is 2. The van der Waals surface area contributed by atoms with Crippen LogP contribution in [0.5, 0.6) is 0 Å². The highest BCUT2D eigenvalue weighted by molar-refractivity contribution is 4.95. The standard InChI is InChI=1S/C10H17NO/c1-2-5-10(12)8-9-6-3-4-7-11-9/h2-4,9-12H,1,5-8H2/t9-,10-/m1/s1. The molecular formula is C10H17NO. The number of aliphatic hydroxyl groups is 1. The maximum Gasteiger partial charge on any atom is 0.0589 e. The van der Waals surface area contributed by atoms with Crippen molar-refractivity contribution in [1.82, 2.24) is 5.32 Å². The second-order valence-electron chi connectivity index (χ2n) is 3.23. The van der Waals surface area contributed by atoms with E-state index in [2.05, 4.69) is 24.0 Å². The van der Waals surface area contributed by atoms with Crippen LogP contribution in [0.3, 0.4) is 0 Å². The van der Waals surface area contributed by atoms with Crippen molar-refractivity contribution < 1.29 is 5.11 Å². The third kappa shape index (κ3) is 3.20. The van der Waals surface area contributed by atoms with Crippen LogP contribution < -0.4 is 5.32 Å². The van der Waals surface area contributed by atoms with E-state index < -0.39 is 0 Å². The third-order valence-corrected chi connectivity index (χ3v) is 2.11. The van der Waals surface area contributed by atoms with Crippen LogP contribution in [0.25, 0.3) is 0 Å². The number of nitrogens with one attached hydrogen (secondary N) is 1. The first-order valence-electron chi connectivity index (χ1n) is 4.50. The van der Waals surface area contributed by atoms with Crippen LogP contribution in [-0.2, 0) is 0 Å². The van der Waals surface area contributed by atoms with E-state index in [9.17, 15) is 5.11 Å². The van der Waals surface area contributed by atoms with Gasteiger partial charge in [-0.05, 0) is 19.3 Å². The summed E-state index contributed by atoms with van der Waals surface area (Å²) in [6.07, 6.45) is 8.39. The first-order valence-corrected chi connectivity index (χ1v) is 4.50. The van der Waals surface area contributed by atoms with Gasteiger partial charge in [0.05, 0.1) is 6.10 Å². The van der Waals surface area contributed by atoms with E-state index in [1.54, 1.807) is 6.08 Å². The topological polar surface area (TPSA) is 32.3 Å². The molecular weight excluding hydrogens is 150 g/mol. The molecule has 0 unspecified atom stereocenters. The molecule has 0 aromatic rings. The van der Waals surface area contributed by atoms with Gasteiger partial charge in [-0.1, -0.05) is 18.2 Å². The molecule has 12 heavy (non-hydrogen) atoms. The Kier molecular flexibility index (Phi) is 4.05. The monoisotopic (exact) mass is 167 g/mol. The van der Waals surface area contributed by atoms with Gasteiger partial charge in [0.25, 0.3) is 0 Å². The van der Waals surface area contributed by atoms with Gasteiger partial charge in [0.2, 0.25) is 0 Å². The Morgan fingerprint density at radius 3 is 3.08 bits per heavy atom. The Morgan fingerprint density at radius 1 is 1.67 bits per heavy atom. The summed E-state index contributed by atoms with van der Waals surface area (Å²) < 4.78 is 0. The first-order chi connectivity index (χ1) is 5.83. The Labute approximate surface area is 74.0 Å². The Balaban J connectivity index is 2.20. The lowest BCUT2D eigenvalue weighted by atomic mass is 10.0. The van der Waals surface area contributed by atoms with Crippen molar-refractivity contribution in [3.8, 4) is 0 Å². The van der Waals surface area contributed by atoms with Crippen molar-refractivity contribution in [2.24, 2.45) is 0 Å². The molecule has 0 spiro atoms. The van der Waals surface area contributed by atoms with Gasteiger partial charge in [0.15, 0.2) is 0 Å². The van der Waals surface area contributed by atoms with E-state index in [4.69, 9.17) is 0 Å². The average Bonchev–Trinajstić information content (AvgIpc) is 2.06. The minimum Gasteiger partial charge on any atom is -0.393 e. The Hall–Kier alpha value is -0.600. The van der Waals surface area contributed by atoms with E-state index in [1.807, 2.05) is 0 Å². The van der Waals surface area contributed by atoms with Gasteiger partial charge in [0, 0.05) is 12.6 Å². The molecule has 0 aromatic carbocycles. The molecule has 0 radical (unpaired) electrons. The maximum atomic E-state index is 9.47. The molecule has 0 saturated carbocycles. The zero-order valence-electron chi connectivity index (χ0n) is 7.37. The smallest absolute Gasteiger partial charge is 0.0589 e. The van der Waals surface area contributed by atoms with E-state index >= 15 is 0 Å². The molecule has 0 bridgehead atoms. The lowest BCUT2D eigenvalue weighted by Crippen LogP contribution is -2.34. The molecule has 2 atom stereocenters. The number of rotatable bonds is 4. The second kappa shape index (κ2) is 5.12. The van der Waals surface area contributed by atoms with Gasteiger partial charge in [-0.25, -0.2) is 0 Å². The highest BCUT2D eigenvalue weighted by Crippen LogP contribution is 2.09. The molecule has 2 N–H and O–H groups in total. The molecule has 0 saturated heterocycles. The van der Waals surface area contributed by atoms with E-state index in [0.717, 1.165) is 19.4 Å². The molecule has 2 nitrogen and oxygen atoms in total. The van der Waals surface area contributed by atoms with Crippen molar-refractivity contribution in [2.75, 3.05) is 6.54 Å². The lowest BCUT2D eigenvalue weighted by Gasteiger charge is -2.21. The molecule has 1 aliphatic rings. The van der Waals surface area contributed by atoms with Crippen LogP contribution in [-0.4, -0.2) is 23.8 Å². The number of hydrogen-bond acceptors (Lipinski definition) is 2. The van der Waals surface area contributed by atoms with Gasteiger partial charge >= 0.3 is 0 Å². The van der Waals surface area contributed by atoms with Crippen molar-refractivity contribution in [1.29, 1.82) is 0 Å². The van der Waals surface area contributed by atoms with Gasteiger partial charge in [-0.2, -0.15) is 0 Å². The van der Waals surface area contributed by atoms with Crippen molar-refractivity contribution in [2.45, 2.75) is 31.4 Å². The fraction of sp³-hybridized carbons (Fsp3) is 0.600. The van der Waals surface area contributed by atoms with Crippen LogP contribution >= 0.6 is 0 Å². The van der Waals surface area contributed by atoms with E-state index in [0.29, 0.717) is 12.5 Å². The molecule has 0 amide bonds. The summed E-state index contributed by atoms with van der Waals surface area (Å²) in [4.78, 5) is 0. The molecule has 1 aliphatic heterocycles. The fourth-order valence-corrected chi connectivity index (χ4v) is 1.46. The van der Waals surface area contributed by atoms with Crippen LogP contribution in [0, 0.1) is 0 Å². The van der Waals surface area contributed by atoms with Crippen LogP contribution in [0.15, 0.2) is 24.8 Å². The molecule has 68 valence electrons. The molecule has 0 aromatic heterocycles. The molecule has 2 heteroatoms. The van der Waals surface area contributed by atoms with Gasteiger partial charge in [-0.3, -0.25) is 0 Å². The minimum atomic E-state index is -0.230. The van der Waals surface area contributed by atoms with E-state index in [1.165, 1.54) is 0 Å². The van der Waals surface area contributed by atoms with E-state index in [-0.39, 0.29) is 6.10 Å². The van der Waals surface area contributed by atoms with Crippen LogP contribution in [0.4, 0.5) is 0 Å². The van der Waals surface area contributed by atoms with Gasteiger partial charge < -0.3 is 10.4 Å². The summed E-state index contributed by atoms with van der Waals surface area (Å²) in [5, 5.41) is 12.8. The summed E-state index contributed by atoms with van der Waals surface area (Å²) in [5.41, 5.74) is 0. The van der Waals surface area contributed by atoms with Gasteiger partial charge in [0.1, 0.15) is 0 Å². The predicted octanol–water partition coefficient (Wildman–Crippen LogP) is 1.23. The van der Waals surface area contributed by atoms with Crippen LogP contribution in [0.2, 0.25) is 0 Å². The largest absolute Gasteiger partial charge is 0.393 e. The highest BCUT2D eigenvalue weighted by atomic mass is 16.3. The predicted molar refractivity (Wildman–Crippen MR) is 51.0 cm³/mol. The summed E-state index contributed by atoms with van der Waals surface area (Å²) in [6, 6.07) is 0.449.